The van der Waals surface area contributed by atoms with Crippen molar-refractivity contribution in [1.82, 2.24) is 5.16 Å². The molecule has 1 aromatic carbocycles. The van der Waals surface area contributed by atoms with Gasteiger partial charge in [-0.2, -0.15) is 0 Å². The zero-order chi connectivity index (χ0) is 14.5. The van der Waals surface area contributed by atoms with Gasteiger partial charge in [-0.1, -0.05) is 23.7 Å². The van der Waals surface area contributed by atoms with Gasteiger partial charge in [-0.25, -0.2) is 0 Å². The summed E-state index contributed by atoms with van der Waals surface area (Å²) in [5.41, 5.74) is 0. The zero-order valence-electron chi connectivity index (χ0n) is 11.2. The number of nitrogens with zero attached hydrogens (tertiary/aromatic N) is 1. The van der Waals surface area contributed by atoms with Crippen molar-refractivity contribution in [2.45, 2.75) is 30.4 Å². The van der Waals surface area contributed by atoms with E-state index in [2.05, 4.69) is 10.5 Å². The SMILES string of the molecule is CCC(Sc1ccc(Cl)cc1)C(=O)Nc1cc(C)on1. The van der Waals surface area contributed by atoms with Gasteiger partial charge in [0, 0.05) is 16.0 Å². The van der Waals surface area contributed by atoms with Gasteiger partial charge in [-0.15, -0.1) is 11.8 Å². The summed E-state index contributed by atoms with van der Waals surface area (Å²) in [4.78, 5) is 13.2. The van der Waals surface area contributed by atoms with Crippen molar-refractivity contribution >= 4 is 35.1 Å². The molecule has 1 atom stereocenters. The van der Waals surface area contributed by atoms with Gasteiger partial charge in [-0.05, 0) is 37.6 Å². The number of amides is 1. The van der Waals surface area contributed by atoms with Crippen molar-refractivity contribution in [1.29, 1.82) is 0 Å². The molecule has 2 rings (SSSR count). The average molecular weight is 311 g/mol. The Kier molecular flexibility index (Phi) is 5.09. The molecule has 1 aromatic heterocycles. The first-order valence-electron chi connectivity index (χ1n) is 6.25. The average Bonchev–Trinajstić information content (AvgIpc) is 2.83. The lowest BCUT2D eigenvalue weighted by molar-refractivity contribution is -0.115. The number of benzene rings is 1. The number of anilines is 1. The van der Waals surface area contributed by atoms with E-state index in [1.54, 1.807) is 13.0 Å². The first-order chi connectivity index (χ1) is 9.58. The van der Waals surface area contributed by atoms with Gasteiger partial charge in [0.05, 0.1) is 5.25 Å². The van der Waals surface area contributed by atoms with Gasteiger partial charge < -0.3 is 9.84 Å². The number of thioether (sulfide) groups is 1. The second-order valence-corrected chi connectivity index (χ2v) is 5.99. The predicted octanol–water partition coefficient (Wildman–Crippen LogP) is 4.15. The number of hydrogen-bond acceptors (Lipinski definition) is 4. The van der Waals surface area contributed by atoms with Crippen molar-refractivity contribution in [2.24, 2.45) is 0 Å². The topological polar surface area (TPSA) is 55.1 Å². The predicted molar refractivity (Wildman–Crippen MR) is 81.3 cm³/mol. The van der Waals surface area contributed by atoms with E-state index in [1.807, 2.05) is 31.2 Å². The fourth-order valence-electron chi connectivity index (χ4n) is 1.63. The normalized spacial score (nSPS) is 12.2. The van der Waals surface area contributed by atoms with Crippen LogP contribution in [0.1, 0.15) is 19.1 Å². The Hall–Kier alpha value is -1.46. The maximum Gasteiger partial charge on any atom is 0.239 e. The van der Waals surface area contributed by atoms with Crippen LogP contribution in [0.3, 0.4) is 0 Å². The Morgan fingerprint density at radius 1 is 1.45 bits per heavy atom. The molecule has 4 nitrogen and oxygen atoms in total. The third-order valence-corrected chi connectivity index (χ3v) is 4.26. The molecule has 0 aliphatic heterocycles. The summed E-state index contributed by atoms with van der Waals surface area (Å²) in [5, 5.41) is 7.01. The molecule has 0 bridgehead atoms. The van der Waals surface area contributed by atoms with Crippen LogP contribution in [-0.2, 0) is 4.79 Å². The molecule has 1 amide bonds. The summed E-state index contributed by atoms with van der Waals surface area (Å²) >= 11 is 7.35. The maximum absolute atomic E-state index is 12.2. The number of aromatic nitrogens is 1. The maximum atomic E-state index is 12.2. The lowest BCUT2D eigenvalue weighted by Crippen LogP contribution is -2.24. The summed E-state index contributed by atoms with van der Waals surface area (Å²) in [6, 6.07) is 9.13. The molecule has 0 spiro atoms. The number of carbonyl (C=O) groups is 1. The smallest absolute Gasteiger partial charge is 0.239 e. The van der Waals surface area contributed by atoms with Crippen LogP contribution in [0.25, 0.3) is 0 Å². The van der Waals surface area contributed by atoms with Crippen LogP contribution in [0.5, 0.6) is 0 Å². The number of carbonyl (C=O) groups excluding carboxylic acids is 1. The van der Waals surface area contributed by atoms with E-state index in [0.717, 1.165) is 11.3 Å². The number of nitrogens with one attached hydrogen (secondary N) is 1. The molecule has 0 saturated heterocycles. The van der Waals surface area contributed by atoms with Crippen LogP contribution in [0.4, 0.5) is 5.82 Å². The minimum absolute atomic E-state index is 0.0826. The van der Waals surface area contributed by atoms with Crippen molar-refractivity contribution < 1.29 is 9.32 Å². The third-order valence-electron chi connectivity index (χ3n) is 2.63. The molecule has 6 heteroatoms. The molecule has 0 aliphatic carbocycles. The molecule has 2 aromatic rings. The molecule has 20 heavy (non-hydrogen) atoms. The Balaban J connectivity index is 2.00. The van der Waals surface area contributed by atoms with Gasteiger partial charge in [0.1, 0.15) is 5.76 Å². The van der Waals surface area contributed by atoms with E-state index < -0.39 is 0 Å². The summed E-state index contributed by atoms with van der Waals surface area (Å²) in [6.07, 6.45) is 0.718. The van der Waals surface area contributed by atoms with Gasteiger partial charge >= 0.3 is 0 Å². The monoisotopic (exact) mass is 310 g/mol. The van der Waals surface area contributed by atoms with Crippen LogP contribution >= 0.6 is 23.4 Å². The van der Waals surface area contributed by atoms with E-state index >= 15 is 0 Å². The number of rotatable bonds is 5. The van der Waals surface area contributed by atoms with Crippen LogP contribution < -0.4 is 5.32 Å². The molecule has 0 radical (unpaired) electrons. The van der Waals surface area contributed by atoms with Crippen molar-refractivity contribution in [2.75, 3.05) is 5.32 Å². The van der Waals surface area contributed by atoms with E-state index in [-0.39, 0.29) is 11.2 Å². The third kappa shape index (κ3) is 4.02. The van der Waals surface area contributed by atoms with Gasteiger partial charge in [-0.3, -0.25) is 4.79 Å². The molecular weight excluding hydrogens is 296 g/mol. The molecule has 0 aliphatic rings. The van der Waals surface area contributed by atoms with Crippen molar-refractivity contribution in [3.63, 3.8) is 0 Å². The highest BCUT2D eigenvalue weighted by atomic mass is 35.5. The second kappa shape index (κ2) is 6.81. The largest absolute Gasteiger partial charge is 0.360 e. The molecular formula is C14H15ClN2O2S. The van der Waals surface area contributed by atoms with E-state index in [4.69, 9.17) is 16.1 Å². The molecule has 1 unspecified atom stereocenters. The Bertz CT molecular complexity index is 583. The standard InChI is InChI=1S/C14H15ClN2O2S/c1-3-12(20-11-6-4-10(15)5-7-11)14(18)16-13-8-9(2)19-17-13/h4-8,12H,3H2,1-2H3,(H,16,17,18). The van der Waals surface area contributed by atoms with E-state index in [0.29, 0.717) is 16.6 Å². The van der Waals surface area contributed by atoms with E-state index in [9.17, 15) is 4.79 Å². The minimum Gasteiger partial charge on any atom is -0.360 e. The Morgan fingerprint density at radius 2 is 2.15 bits per heavy atom. The summed E-state index contributed by atoms with van der Waals surface area (Å²) in [7, 11) is 0. The molecule has 1 N–H and O–H groups in total. The lowest BCUT2D eigenvalue weighted by Gasteiger charge is -2.13. The van der Waals surface area contributed by atoms with E-state index in [1.165, 1.54) is 11.8 Å². The summed E-state index contributed by atoms with van der Waals surface area (Å²) in [5.74, 6) is 1.03. The molecule has 0 fully saturated rings. The van der Waals surface area contributed by atoms with Gasteiger partial charge in [0.25, 0.3) is 0 Å². The van der Waals surface area contributed by atoms with Crippen molar-refractivity contribution in [3.05, 3.63) is 41.1 Å². The van der Waals surface area contributed by atoms with Crippen LogP contribution in [-0.4, -0.2) is 16.3 Å². The van der Waals surface area contributed by atoms with Crippen molar-refractivity contribution in [3.8, 4) is 0 Å². The first kappa shape index (κ1) is 14.9. The molecule has 1 heterocycles. The van der Waals surface area contributed by atoms with Crippen LogP contribution in [0.15, 0.2) is 39.8 Å². The first-order valence-corrected chi connectivity index (χ1v) is 7.50. The zero-order valence-corrected chi connectivity index (χ0v) is 12.8. The molecule has 106 valence electrons. The van der Waals surface area contributed by atoms with Crippen LogP contribution in [0.2, 0.25) is 5.02 Å². The fourth-order valence-corrected chi connectivity index (χ4v) is 2.71. The van der Waals surface area contributed by atoms with Gasteiger partial charge in [0.15, 0.2) is 5.82 Å². The Morgan fingerprint density at radius 3 is 2.70 bits per heavy atom. The quantitative estimate of drug-likeness (QED) is 0.843. The number of hydrogen-bond donors (Lipinski definition) is 1. The minimum atomic E-state index is -0.187. The fraction of sp³-hybridized carbons (Fsp3) is 0.286. The molecule has 0 saturated carbocycles. The van der Waals surface area contributed by atoms with Gasteiger partial charge in [0.2, 0.25) is 5.91 Å². The van der Waals surface area contributed by atoms with Crippen LogP contribution in [0, 0.1) is 6.92 Å². The number of halogens is 1. The highest BCUT2D eigenvalue weighted by Crippen LogP contribution is 2.27. The summed E-state index contributed by atoms with van der Waals surface area (Å²) in [6.45, 7) is 3.75. The second-order valence-electron chi connectivity index (χ2n) is 4.28. The highest BCUT2D eigenvalue weighted by molar-refractivity contribution is 8.00. The summed E-state index contributed by atoms with van der Waals surface area (Å²) < 4.78 is 4.92. The Labute approximate surface area is 126 Å². The number of aryl methyl sites for hydroxylation is 1. The lowest BCUT2D eigenvalue weighted by atomic mass is 10.3. The highest BCUT2D eigenvalue weighted by Gasteiger charge is 2.19.